The third-order valence-electron chi connectivity index (χ3n) is 8.24. The number of hydrogen-bond acceptors (Lipinski definition) is 5. The zero-order valence-electron chi connectivity index (χ0n) is 26.3. The van der Waals surface area contributed by atoms with Gasteiger partial charge in [0.2, 0.25) is 0 Å². The second-order valence-corrected chi connectivity index (χ2v) is 11.7. The minimum Gasteiger partial charge on any atom is -0.457 e. The topological polar surface area (TPSA) is 108 Å². The molecule has 5 rings (SSSR count). The van der Waals surface area contributed by atoms with E-state index >= 15 is 0 Å². The lowest BCUT2D eigenvalue weighted by Crippen LogP contribution is -2.37. The van der Waals surface area contributed by atoms with Gasteiger partial charge in [-0.15, -0.1) is 0 Å². The molecule has 9 nitrogen and oxygen atoms in total. The van der Waals surface area contributed by atoms with Crippen molar-refractivity contribution in [2.75, 3.05) is 23.7 Å². The van der Waals surface area contributed by atoms with Gasteiger partial charge in [-0.05, 0) is 117 Å². The summed E-state index contributed by atoms with van der Waals surface area (Å²) in [5, 5.41) is 18.5. The molecule has 9 heteroatoms. The molecule has 1 saturated heterocycles. The lowest BCUT2D eigenvalue weighted by Gasteiger charge is -2.29. The number of benzene rings is 3. The third kappa shape index (κ3) is 8.74. The molecule has 0 saturated carbocycles. The molecule has 4 N–H and O–H groups in total. The molecule has 0 spiro atoms. The number of piperidine rings is 1. The van der Waals surface area contributed by atoms with Gasteiger partial charge in [0, 0.05) is 60.7 Å². The maximum Gasteiger partial charge on any atom is 0.319 e. The first kappa shape index (κ1) is 31.8. The van der Waals surface area contributed by atoms with Crippen molar-refractivity contribution < 1.29 is 19.4 Å². The zero-order valence-corrected chi connectivity index (χ0v) is 26.3. The van der Waals surface area contributed by atoms with Crippen LogP contribution in [0.15, 0.2) is 85.2 Å². The number of aromatic nitrogens is 1. The number of aryl methyl sites for hydroxylation is 1. The predicted octanol–water partition coefficient (Wildman–Crippen LogP) is 7.10. The summed E-state index contributed by atoms with van der Waals surface area (Å²) in [5.74, 6) is 1.13. The molecule has 1 fully saturated rings. The van der Waals surface area contributed by atoms with E-state index < -0.39 is 0 Å². The van der Waals surface area contributed by atoms with E-state index in [2.05, 4.69) is 37.7 Å². The molecule has 3 aromatic carbocycles. The van der Waals surface area contributed by atoms with Crippen LogP contribution in [-0.2, 0) is 6.54 Å². The molecule has 0 atom stereocenters. The highest BCUT2D eigenvalue weighted by molar-refractivity contribution is 6.04. The van der Waals surface area contributed by atoms with Crippen molar-refractivity contribution >= 4 is 23.3 Å². The van der Waals surface area contributed by atoms with Gasteiger partial charge < -0.3 is 30.4 Å². The van der Waals surface area contributed by atoms with E-state index in [4.69, 9.17) is 4.74 Å². The number of anilines is 2. The first-order chi connectivity index (χ1) is 21.8. The zero-order chi connectivity index (χ0) is 31.8. The Morgan fingerprint density at radius 2 is 1.60 bits per heavy atom. The lowest BCUT2D eigenvalue weighted by atomic mass is 10.1. The number of urea groups is 1. The Bertz CT molecular complexity index is 1570. The van der Waals surface area contributed by atoms with Crippen LogP contribution in [0.4, 0.5) is 16.2 Å². The Balaban J connectivity index is 1.13. The minimum atomic E-state index is -0.219. The van der Waals surface area contributed by atoms with Crippen molar-refractivity contribution in [3.63, 3.8) is 0 Å². The monoisotopic (exact) mass is 609 g/mol. The largest absolute Gasteiger partial charge is 0.457 e. The summed E-state index contributed by atoms with van der Waals surface area (Å²) in [7, 11) is 0. The normalized spacial score (nSPS) is 13.9. The smallest absolute Gasteiger partial charge is 0.319 e. The molecule has 0 unspecified atom stereocenters. The molecule has 2 heterocycles. The van der Waals surface area contributed by atoms with Crippen molar-refractivity contribution in [3.05, 3.63) is 102 Å². The highest BCUT2D eigenvalue weighted by Gasteiger charge is 2.17. The number of amides is 3. The van der Waals surface area contributed by atoms with Crippen LogP contribution in [0.2, 0.25) is 0 Å². The third-order valence-corrected chi connectivity index (χ3v) is 8.24. The number of carbonyl (C=O) groups excluding carboxylic acids is 2. The Morgan fingerprint density at radius 3 is 2.27 bits per heavy atom. The number of rotatable bonds is 11. The number of nitrogens with one attached hydrogen (secondary N) is 3. The van der Waals surface area contributed by atoms with Crippen molar-refractivity contribution in [1.82, 2.24) is 14.8 Å². The van der Waals surface area contributed by atoms with Gasteiger partial charge in [0.05, 0.1) is 6.10 Å². The fraction of sp³-hybridized carbons (Fsp3) is 0.333. The van der Waals surface area contributed by atoms with Crippen LogP contribution < -0.4 is 20.7 Å². The highest BCUT2D eigenvalue weighted by atomic mass is 16.5. The Kier molecular flexibility index (Phi) is 10.5. The molecule has 0 bridgehead atoms. The number of likely N-dealkylation sites (tertiary alicyclic amines) is 1. The second kappa shape index (κ2) is 14.9. The Labute approximate surface area is 265 Å². The molecule has 0 aliphatic carbocycles. The van der Waals surface area contributed by atoms with Gasteiger partial charge in [0.1, 0.15) is 11.5 Å². The van der Waals surface area contributed by atoms with Crippen molar-refractivity contribution in [1.29, 1.82) is 0 Å². The fourth-order valence-electron chi connectivity index (χ4n) is 5.44. The summed E-state index contributed by atoms with van der Waals surface area (Å²) in [6.07, 6.45) is 7.41. The van der Waals surface area contributed by atoms with Crippen LogP contribution in [0.25, 0.3) is 5.69 Å². The molecule has 1 aliphatic rings. The number of ether oxygens (including phenoxy) is 1. The average Bonchev–Trinajstić information content (AvgIpc) is 3.51. The van der Waals surface area contributed by atoms with E-state index in [1.54, 1.807) is 24.3 Å². The van der Waals surface area contributed by atoms with Crippen molar-refractivity contribution in [2.45, 2.75) is 65.1 Å². The summed E-state index contributed by atoms with van der Waals surface area (Å²) >= 11 is 0. The molecule has 45 heavy (non-hydrogen) atoms. The van der Waals surface area contributed by atoms with Gasteiger partial charge in [0.25, 0.3) is 5.91 Å². The molecule has 3 amide bonds. The summed E-state index contributed by atoms with van der Waals surface area (Å²) in [6, 6.07) is 22.3. The predicted molar refractivity (Wildman–Crippen MR) is 178 cm³/mol. The van der Waals surface area contributed by atoms with E-state index in [9.17, 15) is 14.7 Å². The van der Waals surface area contributed by atoms with E-state index in [0.717, 1.165) is 56.6 Å². The van der Waals surface area contributed by atoms with E-state index in [1.807, 2.05) is 69.4 Å². The fourth-order valence-corrected chi connectivity index (χ4v) is 5.44. The van der Waals surface area contributed by atoms with E-state index in [1.165, 1.54) is 5.56 Å². The van der Waals surface area contributed by atoms with Gasteiger partial charge in [-0.3, -0.25) is 9.69 Å². The van der Waals surface area contributed by atoms with E-state index in [0.29, 0.717) is 28.4 Å². The number of carbonyl (C=O) groups is 2. The maximum absolute atomic E-state index is 13.0. The lowest BCUT2D eigenvalue weighted by molar-refractivity contribution is 0.0792. The van der Waals surface area contributed by atoms with Crippen LogP contribution >= 0.6 is 0 Å². The van der Waals surface area contributed by atoms with Crippen LogP contribution in [0.1, 0.15) is 61.0 Å². The molecule has 236 valence electrons. The van der Waals surface area contributed by atoms with E-state index in [-0.39, 0.29) is 24.1 Å². The van der Waals surface area contributed by atoms with Gasteiger partial charge in [-0.2, -0.15) is 0 Å². The molecular formula is C36H43N5O4. The number of aliphatic hydroxyl groups is 1. The van der Waals surface area contributed by atoms with Crippen LogP contribution in [0, 0.1) is 6.92 Å². The van der Waals surface area contributed by atoms with Gasteiger partial charge in [-0.25, -0.2) is 4.79 Å². The summed E-state index contributed by atoms with van der Waals surface area (Å²) in [4.78, 5) is 27.6. The number of hydrogen-bond donors (Lipinski definition) is 4. The number of nitrogens with zero attached hydrogens (tertiary/aromatic N) is 2. The molecule has 1 aromatic heterocycles. The van der Waals surface area contributed by atoms with Crippen molar-refractivity contribution in [2.24, 2.45) is 0 Å². The quantitative estimate of drug-likeness (QED) is 0.145. The highest BCUT2D eigenvalue weighted by Crippen LogP contribution is 2.28. The summed E-state index contributed by atoms with van der Waals surface area (Å²) < 4.78 is 8.12. The summed E-state index contributed by atoms with van der Waals surface area (Å²) in [6.45, 7) is 8.72. The number of aliphatic hydroxyl groups excluding tert-OH is 1. The molecule has 4 aromatic rings. The molecule has 0 radical (unpaired) electrons. The SMILES string of the molecule is CCC(CC)NC(=O)Nc1ccc(Oc2ccc(NC(=O)c3ccc(-n4ccc(CN5CCC(O)CC5)c4)cc3)cc2C)cc1. The van der Waals surface area contributed by atoms with Gasteiger partial charge in [0.15, 0.2) is 0 Å². The van der Waals surface area contributed by atoms with Crippen LogP contribution in [0.3, 0.4) is 0 Å². The second-order valence-electron chi connectivity index (χ2n) is 11.7. The maximum atomic E-state index is 13.0. The van der Waals surface area contributed by atoms with Crippen LogP contribution in [0.5, 0.6) is 11.5 Å². The Hall–Kier alpha value is -4.60. The van der Waals surface area contributed by atoms with Crippen LogP contribution in [-0.4, -0.2) is 51.7 Å². The van der Waals surface area contributed by atoms with Crippen molar-refractivity contribution in [3.8, 4) is 17.2 Å². The Morgan fingerprint density at radius 1 is 0.911 bits per heavy atom. The standard InChI is InChI=1S/C36H43N5O4/c1-4-28(5-2)38-36(44)39-29-8-13-33(14-9-29)45-34-15-10-30(22-25(34)3)37-35(43)27-6-11-31(12-7-27)41-21-16-26(24-41)23-40-19-17-32(42)18-20-40/h6-16,21-22,24,28,32,42H,4-5,17-20,23H2,1-3H3,(H,37,43)(H2,38,39,44). The van der Waals surface area contributed by atoms with Gasteiger partial charge in [-0.1, -0.05) is 13.8 Å². The first-order valence-electron chi connectivity index (χ1n) is 15.7. The minimum absolute atomic E-state index is 0.153. The summed E-state index contributed by atoms with van der Waals surface area (Å²) in [5.41, 5.74) is 5.01. The molecular weight excluding hydrogens is 566 g/mol. The van der Waals surface area contributed by atoms with Gasteiger partial charge >= 0.3 is 6.03 Å². The average molecular weight is 610 g/mol. The molecule has 1 aliphatic heterocycles. The first-order valence-corrected chi connectivity index (χ1v) is 15.7.